The summed E-state index contributed by atoms with van der Waals surface area (Å²) >= 11 is 0. The summed E-state index contributed by atoms with van der Waals surface area (Å²) < 4.78 is 49.1. The Kier molecular flexibility index (Phi) is 4.75. The van der Waals surface area contributed by atoms with Crippen LogP contribution < -0.4 is 5.32 Å². The van der Waals surface area contributed by atoms with Crippen LogP contribution in [0.3, 0.4) is 0 Å². The van der Waals surface area contributed by atoms with Gasteiger partial charge in [-0.05, 0) is 24.6 Å². The molecule has 1 aromatic rings. The van der Waals surface area contributed by atoms with Gasteiger partial charge in [0, 0.05) is 6.04 Å². The number of nitrogens with one attached hydrogen (secondary N) is 1. The Morgan fingerprint density at radius 3 is 2.38 bits per heavy atom. The zero-order chi connectivity index (χ0) is 15.7. The summed E-state index contributed by atoms with van der Waals surface area (Å²) in [6, 6.07) is 7.51. The van der Waals surface area contributed by atoms with Crippen molar-refractivity contribution in [1.82, 2.24) is 5.32 Å². The summed E-state index contributed by atoms with van der Waals surface area (Å²) in [6.45, 7) is 4.59. The van der Waals surface area contributed by atoms with Crippen molar-refractivity contribution in [2.75, 3.05) is 18.1 Å². The maximum absolute atomic E-state index is 12.7. The molecule has 0 aliphatic carbocycles. The monoisotopic (exact) mass is 331 g/mol. The summed E-state index contributed by atoms with van der Waals surface area (Å²) in [4.78, 5) is 0.184. The molecule has 1 saturated heterocycles. The van der Waals surface area contributed by atoms with E-state index in [1.54, 1.807) is 18.2 Å². The molecule has 0 saturated carbocycles. The van der Waals surface area contributed by atoms with Crippen molar-refractivity contribution in [1.29, 1.82) is 0 Å². The second-order valence-corrected chi connectivity index (χ2v) is 10.2. The van der Waals surface area contributed by atoms with Gasteiger partial charge in [0.1, 0.15) is 0 Å². The molecule has 0 spiro atoms. The zero-order valence-corrected chi connectivity index (χ0v) is 13.8. The Labute approximate surface area is 126 Å². The van der Waals surface area contributed by atoms with Gasteiger partial charge in [-0.25, -0.2) is 16.8 Å². The van der Waals surface area contributed by atoms with Crippen molar-refractivity contribution in [3.63, 3.8) is 0 Å². The van der Waals surface area contributed by atoms with E-state index in [0.717, 1.165) is 0 Å². The lowest BCUT2D eigenvalue weighted by molar-refractivity contribution is 0.480. The average molecular weight is 331 g/mol. The first-order valence-corrected chi connectivity index (χ1v) is 10.3. The van der Waals surface area contributed by atoms with Crippen molar-refractivity contribution in [3.8, 4) is 0 Å². The van der Waals surface area contributed by atoms with Crippen molar-refractivity contribution < 1.29 is 16.8 Å². The quantitative estimate of drug-likeness (QED) is 0.866. The van der Waals surface area contributed by atoms with E-state index < -0.39 is 31.0 Å². The minimum absolute atomic E-state index is 0.115. The number of rotatable bonds is 5. The van der Waals surface area contributed by atoms with Crippen LogP contribution in [-0.4, -0.2) is 46.2 Å². The van der Waals surface area contributed by atoms with Gasteiger partial charge in [0.25, 0.3) is 0 Å². The molecule has 1 fully saturated rings. The molecule has 1 aliphatic rings. The highest BCUT2D eigenvalue weighted by Gasteiger charge is 2.45. The molecular formula is C14H21NO4S2. The van der Waals surface area contributed by atoms with Crippen LogP contribution in [0.25, 0.3) is 0 Å². The van der Waals surface area contributed by atoms with Crippen LogP contribution in [0.1, 0.15) is 13.8 Å². The molecule has 5 nitrogen and oxygen atoms in total. The van der Waals surface area contributed by atoms with E-state index in [0.29, 0.717) is 12.5 Å². The average Bonchev–Trinajstić information content (AvgIpc) is 2.73. The second-order valence-electron chi connectivity index (χ2n) is 5.88. The molecule has 0 bridgehead atoms. The normalized spacial score (nSPS) is 25.3. The predicted molar refractivity (Wildman–Crippen MR) is 82.7 cm³/mol. The SMILES string of the molecule is CC(C)CN[C@H]1CS(=O)(=O)C[C@@H]1S(=O)(=O)c1ccccc1. The first-order valence-electron chi connectivity index (χ1n) is 6.95. The third-order valence-electron chi connectivity index (χ3n) is 3.56. The minimum atomic E-state index is -3.65. The highest BCUT2D eigenvalue weighted by Crippen LogP contribution is 2.25. The number of sulfone groups is 2. The zero-order valence-electron chi connectivity index (χ0n) is 12.2. The molecule has 1 aromatic carbocycles. The molecule has 0 aromatic heterocycles. The van der Waals surface area contributed by atoms with E-state index in [1.165, 1.54) is 12.1 Å². The Morgan fingerprint density at radius 2 is 1.81 bits per heavy atom. The van der Waals surface area contributed by atoms with Gasteiger partial charge in [-0.15, -0.1) is 0 Å². The molecular weight excluding hydrogens is 310 g/mol. The van der Waals surface area contributed by atoms with Gasteiger partial charge >= 0.3 is 0 Å². The smallest absolute Gasteiger partial charge is 0.183 e. The Hall–Kier alpha value is -0.920. The van der Waals surface area contributed by atoms with Crippen LogP contribution in [0.4, 0.5) is 0 Å². The predicted octanol–water partition coefficient (Wildman–Crippen LogP) is 0.872. The van der Waals surface area contributed by atoms with Gasteiger partial charge in [0.2, 0.25) is 0 Å². The van der Waals surface area contributed by atoms with Crippen molar-refractivity contribution in [2.24, 2.45) is 5.92 Å². The summed E-state index contributed by atoms with van der Waals surface area (Å²) in [5, 5.41) is 2.19. The van der Waals surface area contributed by atoms with Gasteiger partial charge in [-0.2, -0.15) is 0 Å². The van der Waals surface area contributed by atoms with Crippen LogP contribution in [0, 0.1) is 5.92 Å². The van der Waals surface area contributed by atoms with Crippen molar-refractivity contribution in [3.05, 3.63) is 30.3 Å². The third kappa shape index (κ3) is 3.84. The Balaban J connectivity index is 2.31. The molecule has 2 atom stereocenters. The molecule has 0 unspecified atom stereocenters. The van der Waals surface area contributed by atoms with E-state index in [2.05, 4.69) is 5.32 Å². The van der Waals surface area contributed by atoms with Crippen molar-refractivity contribution in [2.45, 2.75) is 30.0 Å². The van der Waals surface area contributed by atoms with Crippen molar-refractivity contribution >= 4 is 19.7 Å². The molecule has 0 radical (unpaired) electrons. The van der Waals surface area contributed by atoms with Crippen LogP contribution in [0.15, 0.2) is 35.2 Å². The maximum atomic E-state index is 12.7. The largest absolute Gasteiger partial charge is 0.311 e. The lowest BCUT2D eigenvalue weighted by atomic mass is 10.2. The van der Waals surface area contributed by atoms with E-state index in [-0.39, 0.29) is 16.4 Å². The number of benzene rings is 1. The van der Waals surface area contributed by atoms with Crippen LogP contribution in [-0.2, 0) is 19.7 Å². The minimum Gasteiger partial charge on any atom is -0.311 e. The highest BCUT2D eigenvalue weighted by molar-refractivity contribution is 7.96. The van der Waals surface area contributed by atoms with Gasteiger partial charge in [0.15, 0.2) is 19.7 Å². The van der Waals surface area contributed by atoms with Crippen LogP contribution in [0.5, 0.6) is 0 Å². The van der Waals surface area contributed by atoms with Gasteiger partial charge < -0.3 is 5.32 Å². The van der Waals surface area contributed by atoms with Gasteiger partial charge in [-0.3, -0.25) is 0 Å². The molecule has 1 heterocycles. The van der Waals surface area contributed by atoms with E-state index in [4.69, 9.17) is 0 Å². The van der Waals surface area contributed by atoms with Crippen LogP contribution in [0.2, 0.25) is 0 Å². The summed E-state index contributed by atoms with van der Waals surface area (Å²) in [6.07, 6.45) is 0. The summed E-state index contributed by atoms with van der Waals surface area (Å²) in [7, 11) is -6.97. The number of hydrogen-bond acceptors (Lipinski definition) is 5. The lowest BCUT2D eigenvalue weighted by Crippen LogP contribution is -2.44. The fourth-order valence-electron chi connectivity index (χ4n) is 2.48. The molecule has 1 aliphatic heterocycles. The highest BCUT2D eigenvalue weighted by atomic mass is 32.2. The van der Waals surface area contributed by atoms with Crippen LogP contribution >= 0.6 is 0 Å². The van der Waals surface area contributed by atoms with Gasteiger partial charge in [0.05, 0.1) is 21.7 Å². The fraction of sp³-hybridized carbons (Fsp3) is 0.571. The molecule has 1 N–H and O–H groups in total. The van der Waals surface area contributed by atoms with Gasteiger partial charge in [-0.1, -0.05) is 32.0 Å². The summed E-state index contributed by atoms with van der Waals surface area (Å²) in [5.74, 6) is -0.0930. The Bertz CT molecular complexity index is 681. The molecule has 21 heavy (non-hydrogen) atoms. The standard InChI is InChI=1S/C14H21NO4S2/c1-11(2)8-15-13-9-20(16,17)10-14(13)21(18,19)12-6-4-3-5-7-12/h3-7,11,13-15H,8-10H2,1-2H3/t13-,14-/m0/s1. The maximum Gasteiger partial charge on any atom is 0.183 e. The summed E-state index contributed by atoms with van der Waals surface area (Å²) in [5.41, 5.74) is 0. The van der Waals surface area contributed by atoms with E-state index in [1.807, 2.05) is 13.8 Å². The molecule has 118 valence electrons. The first kappa shape index (κ1) is 16.5. The topological polar surface area (TPSA) is 80.3 Å². The lowest BCUT2D eigenvalue weighted by Gasteiger charge is -2.21. The third-order valence-corrected chi connectivity index (χ3v) is 7.73. The first-order chi connectivity index (χ1) is 9.72. The molecule has 7 heteroatoms. The number of hydrogen-bond donors (Lipinski definition) is 1. The molecule has 0 amide bonds. The van der Waals surface area contributed by atoms with E-state index in [9.17, 15) is 16.8 Å². The molecule has 2 rings (SSSR count). The second kappa shape index (κ2) is 6.06. The Morgan fingerprint density at radius 1 is 1.19 bits per heavy atom. The fourth-order valence-corrected chi connectivity index (χ4v) is 7.22. The van der Waals surface area contributed by atoms with E-state index >= 15 is 0 Å².